The molecule has 1 saturated heterocycles. The fourth-order valence-electron chi connectivity index (χ4n) is 2.22. The summed E-state index contributed by atoms with van der Waals surface area (Å²) < 4.78 is 5.40. The minimum Gasteiger partial charge on any atom is -0.444 e. The third kappa shape index (κ3) is 7.39. The van der Waals surface area contributed by atoms with Gasteiger partial charge in [-0.2, -0.15) is 11.8 Å². The minimum atomic E-state index is -0.400. The topological polar surface area (TPSA) is 41.6 Å². The molecule has 1 rings (SSSR count). The Labute approximate surface area is 128 Å². The van der Waals surface area contributed by atoms with Crippen LogP contribution in [0.2, 0.25) is 0 Å². The van der Waals surface area contributed by atoms with E-state index < -0.39 is 5.60 Å². The van der Waals surface area contributed by atoms with Gasteiger partial charge in [-0.15, -0.1) is 0 Å². The first-order valence-electron chi connectivity index (χ1n) is 7.71. The number of thioether (sulfide) groups is 1. The number of nitrogens with one attached hydrogen (secondary N) is 1. The van der Waals surface area contributed by atoms with Crippen LogP contribution in [0.3, 0.4) is 0 Å². The highest BCUT2D eigenvalue weighted by Crippen LogP contribution is 2.15. The molecule has 1 heterocycles. The maximum Gasteiger partial charge on any atom is 0.410 e. The Morgan fingerprint density at radius 3 is 2.55 bits per heavy atom. The van der Waals surface area contributed by atoms with Gasteiger partial charge < -0.3 is 15.0 Å². The number of carbonyl (C=O) groups excluding carboxylic acids is 1. The molecule has 0 unspecified atom stereocenters. The van der Waals surface area contributed by atoms with Gasteiger partial charge in [0.05, 0.1) is 0 Å². The zero-order valence-corrected chi connectivity index (χ0v) is 14.2. The predicted octanol–water partition coefficient (Wildman–Crippen LogP) is 3.12. The van der Waals surface area contributed by atoms with Crippen molar-refractivity contribution in [2.24, 2.45) is 0 Å². The van der Waals surface area contributed by atoms with Crippen molar-refractivity contribution in [1.82, 2.24) is 10.2 Å². The number of carbonyl (C=O) groups is 1. The van der Waals surface area contributed by atoms with E-state index in [1.165, 1.54) is 17.9 Å². The molecule has 118 valence electrons. The van der Waals surface area contributed by atoms with Gasteiger partial charge in [0, 0.05) is 19.1 Å². The molecule has 0 aromatic heterocycles. The maximum atomic E-state index is 11.9. The quantitative estimate of drug-likeness (QED) is 0.766. The van der Waals surface area contributed by atoms with Crippen molar-refractivity contribution in [3.63, 3.8) is 0 Å². The lowest BCUT2D eigenvalue weighted by atomic mass is 10.1. The molecule has 1 aliphatic rings. The summed E-state index contributed by atoms with van der Waals surface area (Å²) in [5.41, 5.74) is -0.400. The first-order valence-corrected chi connectivity index (χ1v) is 8.87. The molecule has 0 bridgehead atoms. The van der Waals surface area contributed by atoms with Crippen LogP contribution >= 0.6 is 11.8 Å². The van der Waals surface area contributed by atoms with E-state index in [9.17, 15) is 4.79 Å². The summed E-state index contributed by atoms with van der Waals surface area (Å²) in [6.45, 7) is 10.6. The number of rotatable bonds is 6. The first-order chi connectivity index (χ1) is 9.42. The van der Waals surface area contributed by atoms with E-state index in [1.807, 2.05) is 37.4 Å². The lowest BCUT2D eigenvalue weighted by molar-refractivity contribution is 0.0198. The summed E-state index contributed by atoms with van der Waals surface area (Å²) in [5, 5.41) is 3.60. The van der Waals surface area contributed by atoms with Crippen molar-refractivity contribution in [2.75, 3.05) is 31.1 Å². The normalized spacial score (nSPS) is 17.3. The summed E-state index contributed by atoms with van der Waals surface area (Å²) in [5.74, 6) is 2.44. The van der Waals surface area contributed by atoms with Crippen LogP contribution in [0.1, 0.15) is 47.0 Å². The Morgan fingerprint density at radius 2 is 2.00 bits per heavy atom. The molecule has 0 spiro atoms. The molecule has 0 saturated carbocycles. The number of amides is 1. The summed E-state index contributed by atoms with van der Waals surface area (Å²) in [4.78, 5) is 13.8. The van der Waals surface area contributed by atoms with Crippen LogP contribution in [0.15, 0.2) is 0 Å². The number of likely N-dealkylation sites (tertiary alicyclic amines) is 1. The summed E-state index contributed by atoms with van der Waals surface area (Å²) in [6, 6.07) is 0.556. The minimum absolute atomic E-state index is 0.171. The number of hydrogen-bond acceptors (Lipinski definition) is 4. The van der Waals surface area contributed by atoms with Crippen LogP contribution in [-0.2, 0) is 4.74 Å². The molecule has 1 fully saturated rings. The molecule has 1 amide bonds. The standard InChI is InChI=1S/C15H30N2O2S/c1-5-20-12-6-9-16-13-7-10-17(11-8-13)14(18)19-15(2,3)4/h13,16H,5-12H2,1-4H3. The Kier molecular flexibility index (Phi) is 7.74. The van der Waals surface area contributed by atoms with E-state index in [0.29, 0.717) is 6.04 Å². The molecule has 0 atom stereocenters. The number of hydrogen-bond donors (Lipinski definition) is 1. The van der Waals surface area contributed by atoms with Crippen molar-refractivity contribution in [3.05, 3.63) is 0 Å². The van der Waals surface area contributed by atoms with Crippen molar-refractivity contribution in [3.8, 4) is 0 Å². The lowest BCUT2D eigenvalue weighted by Crippen LogP contribution is -2.46. The summed E-state index contributed by atoms with van der Waals surface area (Å²) in [6.07, 6.45) is 3.11. The summed E-state index contributed by atoms with van der Waals surface area (Å²) in [7, 11) is 0. The smallest absolute Gasteiger partial charge is 0.410 e. The highest BCUT2D eigenvalue weighted by Gasteiger charge is 2.26. The number of piperidine rings is 1. The van der Waals surface area contributed by atoms with Gasteiger partial charge in [0.25, 0.3) is 0 Å². The third-order valence-corrected chi connectivity index (χ3v) is 4.23. The van der Waals surface area contributed by atoms with E-state index in [-0.39, 0.29) is 6.09 Å². The Bertz CT molecular complexity index is 284. The van der Waals surface area contributed by atoms with Gasteiger partial charge in [0.2, 0.25) is 0 Å². The van der Waals surface area contributed by atoms with Crippen LogP contribution in [0.5, 0.6) is 0 Å². The lowest BCUT2D eigenvalue weighted by Gasteiger charge is -2.33. The Hall–Kier alpha value is -0.420. The fourth-order valence-corrected chi connectivity index (χ4v) is 2.85. The highest BCUT2D eigenvalue weighted by atomic mass is 32.2. The second-order valence-electron chi connectivity index (χ2n) is 6.25. The monoisotopic (exact) mass is 302 g/mol. The van der Waals surface area contributed by atoms with Crippen molar-refractivity contribution < 1.29 is 9.53 Å². The molecular formula is C15H30N2O2S. The van der Waals surface area contributed by atoms with E-state index in [4.69, 9.17) is 4.74 Å². The molecular weight excluding hydrogens is 272 g/mol. The maximum absolute atomic E-state index is 11.9. The van der Waals surface area contributed by atoms with Crippen molar-refractivity contribution in [1.29, 1.82) is 0 Å². The van der Waals surface area contributed by atoms with Gasteiger partial charge in [0.15, 0.2) is 0 Å². The van der Waals surface area contributed by atoms with Gasteiger partial charge in [-0.3, -0.25) is 0 Å². The first kappa shape index (κ1) is 17.6. The summed E-state index contributed by atoms with van der Waals surface area (Å²) >= 11 is 1.99. The van der Waals surface area contributed by atoms with E-state index in [2.05, 4.69) is 12.2 Å². The highest BCUT2D eigenvalue weighted by molar-refractivity contribution is 7.99. The predicted molar refractivity (Wildman–Crippen MR) is 86.4 cm³/mol. The molecule has 5 heteroatoms. The van der Waals surface area contributed by atoms with Gasteiger partial charge in [-0.1, -0.05) is 6.92 Å². The third-order valence-electron chi connectivity index (χ3n) is 3.25. The van der Waals surface area contributed by atoms with Crippen LogP contribution in [-0.4, -0.2) is 53.8 Å². The van der Waals surface area contributed by atoms with Crippen molar-refractivity contribution in [2.45, 2.75) is 58.6 Å². The van der Waals surface area contributed by atoms with Gasteiger partial charge in [-0.05, 0) is 58.1 Å². The molecule has 0 aromatic rings. The van der Waals surface area contributed by atoms with Crippen LogP contribution in [0, 0.1) is 0 Å². The van der Waals surface area contributed by atoms with Gasteiger partial charge in [0.1, 0.15) is 5.60 Å². The fraction of sp³-hybridized carbons (Fsp3) is 0.933. The van der Waals surface area contributed by atoms with Gasteiger partial charge in [-0.25, -0.2) is 4.79 Å². The zero-order chi connectivity index (χ0) is 15.0. The largest absolute Gasteiger partial charge is 0.444 e. The average Bonchev–Trinajstić information content (AvgIpc) is 2.37. The SMILES string of the molecule is CCSCCCNC1CCN(C(=O)OC(C)(C)C)CC1. The molecule has 0 aliphatic carbocycles. The zero-order valence-electron chi connectivity index (χ0n) is 13.4. The molecule has 0 aromatic carbocycles. The van der Waals surface area contributed by atoms with E-state index in [1.54, 1.807) is 0 Å². The van der Waals surface area contributed by atoms with Crippen LogP contribution in [0.25, 0.3) is 0 Å². The van der Waals surface area contributed by atoms with Crippen LogP contribution < -0.4 is 5.32 Å². The molecule has 1 N–H and O–H groups in total. The molecule has 1 aliphatic heterocycles. The molecule has 0 radical (unpaired) electrons. The van der Waals surface area contributed by atoms with E-state index in [0.717, 1.165) is 32.5 Å². The molecule has 4 nitrogen and oxygen atoms in total. The molecule has 20 heavy (non-hydrogen) atoms. The second-order valence-corrected chi connectivity index (χ2v) is 7.64. The van der Waals surface area contributed by atoms with Gasteiger partial charge >= 0.3 is 6.09 Å². The average molecular weight is 302 g/mol. The number of nitrogens with zero attached hydrogens (tertiary/aromatic N) is 1. The Balaban J connectivity index is 2.15. The second kappa shape index (κ2) is 8.78. The van der Waals surface area contributed by atoms with Crippen LogP contribution in [0.4, 0.5) is 4.79 Å². The van der Waals surface area contributed by atoms with Crippen molar-refractivity contribution >= 4 is 17.9 Å². The van der Waals surface area contributed by atoms with E-state index >= 15 is 0 Å². The Morgan fingerprint density at radius 1 is 1.35 bits per heavy atom. The number of ether oxygens (including phenoxy) is 1.